The lowest BCUT2D eigenvalue weighted by Gasteiger charge is -2.15. The van der Waals surface area contributed by atoms with Crippen molar-refractivity contribution >= 4 is 31.9 Å². The molecule has 106 valence electrons. The summed E-state index contributed by atoms with van der Waals surface area (Å²) in [5.41, 5.74) is 7.99. The van der Waals surface area contributed by atoms with Crippen LogP contribution in [0.4, 0.5) is 4.39 Å². The van der Waals surface area contributed by atoms with Gasteiger partial charge in [0.1, 0.15) is 11.6 Å². The molecule has 0 bridgehead atoms. The molecule has 20 heavy (non-hydrogen) atoms. The summed E-state index contributed by atoms with van der Waals surface area (Å²) < 4.78 is 20.0. The lowest BCUT2D eigenvalue weighted by Crippen LogP contribution is -2.12. The smallest absolute Gasteiger partial charge is 0.137 e. The van der Waals surface area contributed by atoms with E-state index < -0.39 is 0 Å². The number of benzene rings is 2. The molecule has 2 aromatic carbocycles. The summed E-state index contributed by atoms with van der Waals surface area (Å²) in [6, 6.07) is 10.2. The molecule has 0 radical (unpaired) electrons. The van der Waals surface area contributed by atoms with Crippen molar-refractivity contribution < 1.29 is 9.13 Å². The summed E-state index contributed by atoms with van der Waals surface area (Å²) in [6.45, 7) is 2.54. The normalized spacial score (nSPS) is 12.2. The first-order valence-corrected chi connectivity index (χ1v) is 7.74. The minimum atomic E-state index is -0.320. The van der Waals surface area contributed by atoms with Gasteiger partial charge < -0.3 is 10.5 Å². The Labute approximate surface area is 134 Å². The summed E-state index contributed by atoms with van der Waals surface area (Å²) in [6.07, 6.45) is 0. The van der Waals surface area contributed by atoms with Crippen LogP contribution in [-0.4, -0.2) is 6.61 Å². The minimum absolute atomic E-state index is 0.297. The maximum Gasteiger partial charge on any atom is 0.137 e. The molecule has 5 heteroatoms. The van der Waals surface area contributed by atoms with Crippen LogP contribution >= 0.6 is 31.9 Å². The molecule has 2 nitrogen and oxygen atoms in total. The van der Waals surface area contributed by atoms with Crippen molar-refractivity contribution in [3.05, 3.63) is 62.3 Å². The number of rotatable bonds is 4. The van der Waals surface area contributed by atoms with Gasteiger partial charge in [-0.3, -0.25) is 0 Å². The molecule has 0 saturated heterocycles. The first-order chi connectivity index (χ1) is 9.52. The van der Waals surface area contributed by atoms with Gasteiger partial charge in [0.25, 0.3) is 0 Å². The molecule has 0 saturated carbocycles. The SMILES string of the molecule is CCOc1ccc(C(N)c2ccc(F)c(Br)c2)cc1Br. The summed E-state index contributed by atoms with van der Waals surface area (Å²) in [7, 11) is 0. The molecule has 2 N–H and O–H groups in total. The fourth-order valence-corrected chi connectivity index (χ4v) is 2.79. The van der Waals surface area contributed by atoms with Gasteiger partial charge in [0.15, 0.2) is 0 Å². The Morgan fingerprint density at radius 2 is 1.70 bits per heavy atom. The molecular weight excluding hydrogens is 389 g/mol. The van der Waals surface area contributed by atoms with Crippen LogP contribution < -0.4 is 10.5 Å². The van der Waals surface area contributed by atoms with E-state index >= 15 is 0 Å². The van der Waals surface area contributed by atoms with Crippen molar-refractivity contribution in [2.75, 3.05) is 6.61 Å². The van der Waals surface area contributed by atoms with Gasteiger partial charge in [-0.05, 0) is 74.2 Å². The molecular formula is C15H14Br2FNO. The molecule has 0 aliphatic rings. The summed E-state index contributed by atoms with van der Waals surface area (Å²) in [5.74, 6) is 0.484. The van der Waals surface area contributed by atoms with Gasteiger partial charge in [-0.25, -0.2) is 4.39 Å². The maximum atomic E-state index is 13.3. The summed E-state index contributed by atoms with van der Waals surface area (Å²) >= 11 is 6.64. The van der Waals surface area contributed by atoms with Gasteiger partial charge in [0.2, 0.25) is 0 Å². The highest BCUT2D eigenvalue weighted by molar-refractivity contribution is 9.10. The van der Waals surface area contributed by atoms with Gasteiger partial charge in [0, 0.05) is 0 Å². The molecule has 2 rings (SSSR count). The number of ether oxygens (including phenoxy) is 1. The Hall–Kier alpha value is -0.910. The van der Waals surface area contributed by atoms with Gasteiger partial charge >= 0.3 is 0 Å². The van der Waals surface area contributed by atoms with E-state index in [4.69, 9.17) is 10.5 Å². The highest BCUT2D eigenvalue weighted by Crippen LogP contribution is 2.31. The molecule has 0 fully saturated rings. The zero-order valence-electron chi connectivity index (χ0n) is 10.9. The van der Waals surface area contributed by atoms with Gasteiger partial charge in [-0.1, -0.05) is 12.1 Å². The largest absolute Gasteiger partial charge is 0.493 e. The second kappa shape index (κ2) is 6.70. The van der Waals surface area contributed by atoms with Gasteiger partial charge in [-0.15, -0.1) is 0 Å². The van der Waals surface area contributed by atoms with E-state index in [0.29, 0.717) is 11.1 Å². The molecule has 1 unspecified atom stereocenters. The fourth-order valence-electron chi connectivity index (χ4n) is 1.88. The highest BCUT2D eigenvalue weighted by Gasteiger charge is 2.13. The van der Waals surface area contributed by atoms with E-state index in [1.165, 1.54) is 6.07 Å². The number of hydrogen-bond donors (Lipinski definition) is 1. The predicted molar refractivity (Wildman–Crippen MR) is 85.4 cm³/mol. The highest BCUT2D eigenvalue weighted by atomic mass is 79.9. The van der Waals surface area contributed by atoms with Crippen molar-refractivity contribution in [3.8, 4) is 5.75 Å². The van der Waals surface area contributed by atoms with Crippen LogP contribution in [-0.2, 0) is 0 Å². The average molecular weight is 403 g/mol. The second-order valence-corrected chi connectivity index (χ2v) is 5.98. The van der Waals surface area contributed by atoms with Crippen LogP contribution in [0.2, 0.25) is 0 Å². The Morgan fingerprint density at radius 3 is 2.25 bits per heavy atom. The van der Waals surface area contributed by atoms with Crippen LogP contribution in [0.15, 0.2) is 45.3 Å². The first kappa shape index (κ1) is 15.5. The third-order valence-corrected chi connectivity index (χ3v) is 4.15. The molecule has 2 aromatic rings. The molecule has 0 heterocycles. The summed E-state index contributed by atoms with van der Waals surface area (Å²) in [4.78, 5) is 0. The zero-order chi connectivity index (χ0) is 14.7. The fraction of sp³-hybridized carbons (Fsp3) is 0.200. The number of nitrogens with two attached hydrogens (primary N) is 1. The Kier molecular flexibility index (Phi) is 5.18. The van der Waals surface area contributed by atoms with Crippen LogP contribution in [0.25, 0.3) is 0 Å². The molecule has 0 aliphatic heterocycles. The molecule has 0 aliphatic carbocycles. The third kappa shape index (κ3) is 3.40. The van der Waals surface area contributed by atoms with Gasteiger partial charge in [-0.2, -0.15) is 0 Å². The van der Waals surface area contributed by atoms with Crippen molar-refractivity contribution in [1.29, 1.82) is 0 Å². The molecule has 1 atom stereocenters. The molecule has 0 aromatic heterocycles. The van der Waals surface area contributed by atoms with E-state index in [2.05, 4.69) is 31.9 Å². The lowest BCUT2D eigenvalue weighted by atomic mass is 9.99. The Morgan fingerprint density at radius 1 is 1.10 bits per heavy atom. The molecule has 0 amide bonds. The standard InChI is InChI=1S/C15H14Br2FNO/c1-2-20-14-6-4-10(8-12(14)17)15(19)9-3-5-13(18)11(16)7-9/h3-8,15H,2,19H2,1H3. The quantitative estimate of drug-likeness (QED) is 0.797. The van der Waals surface area contributed by atoms with Crippen molar-refractivity contribution in [2.24, 2.45) is 5.73 Å². The predicted octanol–water partition coefficient (Wildman–Crippen LogP) is 4.80. The summed E-state index contributed by atoms with van der Waals surface area (Å²) in [5, 5.41) is 0. The van der Waals surface area contributed by atoms with Gasteiger partial charge in [0.05, 0.1) is 21.6 Å². The lowest BCUT2D eigenvalue weighted by molar-refractivity contribution is 0.338. The van der Waals surface area contributed by atoms with Crippen LogP contribution in [0, 0.1) is 5.82 Å². The first-order valence-electron chi connectivity index (χ1n) is 6.15. The van der Waals surface area contributed by atoms with E-state index in [-0.39, 0.29) is 11.9 Å². The maximum absolute atomic E-state index is 13.3. The van der Waals surface area contributed by atoms with E-state index in [1.54, 1.807) is 12.1 Å². The van der Waals surface area contributed by atoms with Crippen molar-refractivity contribution in [1.82, 2.24) is 0 Å². The minimum Gasteiger partial charge on any atom is -0.493 e. The van der Waals surface area contributed by atoms with Crippen LogP contribution in [0.1, 0.15) is 24.1 Å². The van der Waals surface area contributed by atoms with E-state index in [0.717, 1.165) is 21.3 Å². The zero-order valence-corrected chi connectivity index (χ0v) is 14.0. The number of hydrogen-bond acceptors (Lipinski definition) is 2. The van der Waals surface area contributed by atoms with Crippen molar-refractivity contribution in [2.45, 2.75) is 13.0 Å². The number of halogens is 3. The third-order valence-electron chi connectivity index (χ3n) is 2.92. The van der Waals surface area contributed by atoms with E-state index in [9.17, 15) is 4.39 Å². The Balaban J connectivity index is 2.30. The molecule has 0 spiro atoms. The van der Waals surface area contributed by atoms with Crippen molar-refractivity contribution in [3.63, 3.8) is 0 Å². The van der Waals surface area contributed by atoms with Crippen LogP contribution in [0.5, 0.6) is 5.75 Å². The monoisotopic (exact) mass is 401 g/mol. The van der Waals surface area contributed by atoms with E-state index in [1.807, 2.05) is 25.1 Å². The topological polar surface area (TPSA) is 35.2 Å². The average Bonchev–Trinajstić information content (AvgIpc) is 2.43. The van der Waals surface area contributed by atoms with Crippen LogP contribution in [0.3, 0.4) is 0 Å². The Bertz CT molecular complexity index is 619. The second-order valence-electron chi connectivity index (χ2n) is 4.27.